The number of pyridine rings is 1. The third-order valence-corrected chi connectivity index (χ3v) is 4.98. The van der Waals surface area contributed by atoms with Crippen molar-refractivity contribution < 1.29 is 9.90 Å². The number of hydrogen-bond acceptors (Lipinski definition) is 3. The van der Waals surface area contributed by atoms with Crippen LogP contribution in [0, 0.1) is 5.92 Å². The molecule has 0 spiro atoms. The largest absolute Gasteiger partial charge is 0.465 e. The Morgan fingerprint density at radius 1 is 1.57 bits per heavy atom. The maximum atomic E-state index is 10.9. The third-order valence-electron chi connectivity index (χ3n) is 3.68. The minimum atomic E-state index is -1.05. The fourth-order valence-corrected chi connectivity index (χ4v) is 3.62. The number of thioether (sulfide) groups is 1. The van der Waals surface area contributed by atoms with Crippen LogP contribution in [0.3, 0.4) is 0 Å². The van der Waals surface area contributed by atoms with Crippen LogP contribution in [0.15, 0.2) is 29.4 Å². The van der Waals surface area contributed by atoms with Crippen molar-refractivity contribution in [2.75, 3.05) is 5.75 Å². The summed E-state index contributed by atoms with van der Waals surface area (Å²) >= 11 is 1.86. The lowest BCUT2D eigenvalue weighted by molar-refractivity contribution is 0.181. The first-order valence-corrected chi connectivity index (χ1v) is 8.06. The van der Waals surface area contributed by atoms with Crippen LogP contribution in [0.2, 0.25) is 0 Å². The molecule has 6 heteroatoms. The van der Waals surface area contributed by atoms with E-state index in [-0.39, 0.29) is 0 Å². The van der Waals surface area contributed by atoms with Gasteiger partial charge < -0.3 is 14.8 Å². The molecule has 0 radical (unpaired) electrons. The van der Waals surface area contributed by atoms with E-state index in [1.165, 1.54) is 17.7 Å². The summed E-state index contributed by atoms with van der Waals surface area (Å²) in [6.45, 7) is 3.64. The second-order valence-electron chi connectivity index (χ2n) is 6.02. The molecule has 0 aliphatic heterocycles. The highest BCUT2D eigenvalue weighted by Crippen LogP contribution is 2.36. The summed E-state index contributed by atoms with van der Waals surface area (Å²) in [6, 6.07) is 4.09. The van der Waals surface area contributed by atoms with E-state index in [9.17, 15) is 4.79 Å². The SMILES string of the molecule is CC(C)(NC(=O)O)c1ncc2c(SCC3CC3)cccn12. The lowest BCUT2D eigenvalue weighted by atomic mass is 10.1. The molecular weight excluding hydrogens is 286 g/mol. The van der Waals surface area contributed by atoms with Gasteiger partial charge in [-0.3, -0.25) is 0 Å². The number of nitrogens with zero attached hydrogens (tertiary/aromatic N) is 2. The fraction of sp³-hybridized carbons (Fsp3) is 0.467. The Morgan fingerprint density at radius 3 is 3.00 bits per heavy atom. The lowest BCUT2D eigenvalue weighted by Crippen LogP contribution is -2.41. The number of imidazole rings is 1. The van der Waals surface area contributed by atoms with E-state index in [1.807, 2.05) is 48.5 Å². The van der Waals surface area contributed by atoms with Gasteiger partial charge in [-0.15, -0.1) is 11.8 Å². The van der Waals surface area contributed by atoms with Gasteiger partial charge >= 0.3 is 6.09 Å². The van der Waals surface area contributed by atoms with E-state index in [0.29, 0.717) is 5.82 Å². The zero-order chi connectivity index (χ0) is 15.0. The van der Waals surface area contributed by atoms with Crippen molar-refractivity contribution in [2.45, 2.75) is 37.1 Å². The molecule has 5 nitrogen and oxygen atoms in total. The molecule has 3 rings (SSSR count). The number of hydrogen-bond donors (Lipinski definition) is 2. The number of carbonyl (C=O) groups is 1. The maximum absolute atomic E-state index is 10.9. The number of amides is 1. The van der Waals surface area contributed by atoms with Crippen molar-refractivity contribution in [1.82, 2.24) is 14.7 Å². The second kappa shape index (κ2) is 5.26. The molecule has 1 aliphatic carbocycles. The van der Waals surface area contributed by atoms with Gasteiger partial charge in [-0.2, -0.15) is 0 Å². The summed E-state index contributed by atoms with van der Waals surface area (Å²) in [5.74, 6) is 2.72. The summed E-state index contributed by atoms with van der Waals surface area (Å²) in [6.07, 6.45) is 5.41. The molecule has 1 saturated carbocycles. The molecule has 21 heavy (non-hydrogen) atoms. The Labute approximate surface area is 127 Å². The van der Waals surface area contributed by atoms with Crippen LogP contribution in [0.25, 0.3) is 5.52 Å². The molecule has 0 aromatic carbocycles. The topological polar surface area (TPSA) is 66.6 Å². The predicted octanol–water partition coefficient (Wildman–Crippen LogP) is 3.34. The Balaban J connectivity index is 1.94. The van der Waals surface area contributed by atoms with E-state index >= 15 is 0 Å². The predicted molar refractivity (Wildman–Crippen MR) is 82.8 cm³/mol. The van der Waals surface area contributed by atoms with Gasteiger partial charge in [-0.25, -0.2) is 9.78 Å². The number of aromatic nitrogens is 2. The first-order valence-electron chi connectivity index (χ1n) is 7.08. The molecule has 1 fully saturated rings. The van der Waals surface area contributed by atoms with E-state index in [4.69, 9.17) is 5.11 Å². The standard InChI is InChI=1S/C15H19N3O2S/c1-15(2,17-14(19)20)13-16-8-11-12(4-3-7-18(11)13)21-9-10-5-6-10/h3-4,7-8,10,17H,5-6,9H2,1-2H3,(H,19,20). The van der Waals surface area contributed by atoms with Gasteiger partial charge in [-0.1, -0.05) is 0 Å². The zero-order valence-corrected chi connectivity index (χ0v) is 13.0. The monoisotopic (exact) mass is 305 g/mol. The molecule has 0 saturated heterocycles. The molecule has 2 aromatic heterocycles. The van der Waals surface area contributed by atoms with Crippen molar-refractivity contribution in [3.05, 3.63) is 30.4 Å². The highest BCUT2D eigenvalue weighted by Gasteiger charge is 2.28. The molecule has 0 unspecified atom stereocenters. The lowest BCUT2D eigenvalue weighted by Gasteiger charge is -2.23. The second-order valence-corrected chi connectivity index (χ2v) is 7.08. The molecule has 0 bridgehead atoms. The molecule has 2 heterocycles. The average Bonchev–Trinajstić information content (AvgIpc) is 3.11. The summed E-state index contributed by atoms with van der Waals surface area (Å²) in [7, 11) is 0. The number of carboxylic acid groups (broad SMARTS) is 1. The van der Waals surface area contributed by atoms with Crippen LogP contribution < -0.4 is 5.32 Å². The first kappa shape index (κ1) is 14.3. The van der Waals surface area contributed by atoms with Gasteiger partial charge in [0.15, 0.2) is 0 Å². The minimum Gasteiger partial charge on any atom is -0.465 e. The van der Waals surface area contributed by atoms with Gasteiger partial charge in [0.1, 0.15) is 5.82 Å². The van der Waals surface area contributed by atoms with Crippen molar-refractivity contribution in [3.8, 4) is 0 Å². The van der Waals surface area contributed by atoms with Gasteiger partial charge in [-0.05, 0) is 44.7 Å². The quantitative estimate of drug-likeness (QED) is 0.831. The van der Waals surface area contributed by atoms with Crippen molar-refractivity contribution in [2.24, 2.45) is 5.92 Å². The van der Waals surface area contributed by atoms with Crippen LogP contribution in [0.1, 0.15) is 32.5 Å². The average molecular weight is 305 g/mol. The van der Waals surface area contributed by atoms with Gasteiger partial charge in [0.2, 0.25) is 0 Å². The minimum absolute atomic E-state index is 0.703. The smallest absolute Gasteiger partial charge is 0.405 e. The van der Waals surface area contributed by atoms with Gasteiger partial charge in [0.25, 0.3) is 0 Å². The van der Waals surface area contributed by atoms with Crippen LogP contribution in [0.4, 0.5) is 4.79 Å². The van der Waals surface area contributed by atoms with Crippen molar-refractivity contribution in [3.63, 3.8) is 0 Å². The van der Waals surface area contributed by atoms with Crippen molar-refractivity contribution in [1.29, 1.82) is 0 Å². The van der Waals surface area contributed by atoms with E-state index in [1.54, 1.807) is 0 Å². The number of fused-ring (bicyclic) bond motifs is 1. The Bertz CT molecular complexity index is 677. The molecular formula is C15H19N3O2S. The van der Waals surface area contributed by atoms with Crippen LogP contribution >= 0.6 is 11.8 Å². The van der Waals surface area contributed by atoms with E-state index < -0.39 is 11.6 Å². The van der Waals surface area contributed by atoms with E-state index in [2.05, 4.69) is 16.4 Å². The molecule has 1 aliphatic rings. The molecule has 0 atom stereocenters. The summed E-state index contributed by atoms with van der Waals surface area (Å²) in [4.78, 5) is 16.6. The first-order chi connectivity index (χ1) is 9.97. The Hall–Kier alpha value is -1.69. The number of nitrogens with one attached hydrogen (secondary N) is 1. The van der Waals surface area contributed by atoms with Gasteiger partial charge in [0.05, 0.1) is 17.3 Å². The molecule has 1 amide bonds. The van der Waals surface area contributed by atoms with Crippen LogP contribution in [-0.4, -0.2) is 26.3 Å². The molecule has 2 N–H and O–H groups in total. The fourth-order valence-electron chi connectivity index (χ4n) is 2.40. The zero-order valence-electron chi connectivity index (χ0n) is 12.2. The van der Waals surface area contributed by atoms with Crippen LogP contribution in [0.5, 0.6) is 0 Å². The third kappa shape index (κ3) is 3.00. The van der Waals surface area contributed by atoms with Gasteiger partial charge in [0, 0.05) is 16.8 Å². The molecule has 112 valence electrons. The Kier molecular flexibility index (Phi) is 3.57. The highest BCUT2D eigenvalue weighted by molar-refractivity contribution is 7.99. The summed E-state index contributed by atoms with van der Waals surface area (Å²) in [5, 5.41) is 11.5. The Morgan fingerprint density at radius 2 is 2.33 bits per heavy atom. The normalized spacial score (nSPS) is 15.3. The van der Waals surface area contributed by atoms with E-state index in [0.717, 1.165) is 17.2 Å². The molecule has 2 aromatic rings. The summed E-state index contributed by atoms with van der Waals surface area (Å²) < 4.78 is 1.98. The summed E-state index contributed by atoms with van der Waals surface area (Å²) in [5.41, 5.74) is 0.302. The van der Waals surface area contributed by atoms with Crippen molar-refractivity contribution >= 4 is 23.4 Å². The maximum Gasteiger partial charge on any atom is 0.405 e. The van der Waals surface area contributed by atoms with Crippen LogP contribution in [-0.2, 0) is 5.54 Å². The number of rotatable bonds is 5. The highest BCUT2D eigenvalue weighted by atomic mass is 32.2.